The molecule has 0 aliphatic rings. The maximum atomic E-state index is 12.6. The van der Waals surface area contributed by atoms with E-state index in [2.05, 4.69) is 10.0 Å². The first-order valence-corrected chi connectivity index (χ1v) is 10.7. The van der Waals surface area contributed by atoms with Crippen LogP contribution < -0.4 is 10.0 Å². The fourth-order valence-corrected chi connectivity index (χ4v) is 4.05. The Morgan fingerprint density at radius 1 is 0.963 bits per heavy atom. The molecule has 2 aromatic rings. The minimum atomic E-state index is -3.58. The van der Waals surface area contributed by atoms with Crippen LogP contribution in [0, 0.1) is 5.92 Å². The SMILES string of the molecule is CCC(C)NS(=O)(=O)c1ccc(C(=O)NC(c2ccccc2)C(C)C)cc1. The predicted octanol–water partition coefficient (Wildman–Crippen LogP) is 3.89. The van der Waals surface area contributed by atoms with Crippen LogP contribution in [-0.4, -0.2) is 20.4 Å². The summed E-state index contributed by atoms with van der Waals surface area (Å²) in [5.74, 6) is -0.00730. The molecule has 2 rings (SSSR count). The van der Waals surface area contributed by atoms with Crippen LogP contribution in [0.15, 0.2) is 59.5 Å². The Morgan fingerprint density at radius 2 is 1.56 bits per heavy atom. The van der Waals surface area contributed by atoms with E-state index in [-0.39, 0.29) is 28.8 Å². The summed E-state index contributed by atoms with van der Waals surface area (Å²) in [6.07, 6.45) is 0.704. The van der Waals surface area contributed by atoms with E-state index < -0.39 is 10.0 Å². The van der Waals surface area contributed by atoms with Crippen molar-refractivity contribution in [1.82, 2.24) is 10.0 Å². The topological polar surface area (TPSA) is 75.3 Å². The Hall–Kier alpha value is -2.18. The number of rotatable bonds is 8. The Balaban J connectivity index is 2.15. The second kappa shape index (κ2) is 9.15. The molecule has 1 amide bonds. The molecule has 0 aliphatic heterocycles. The van der Waals surface area contributed by atoms with Gasteiger partial charge in [0, 0.05) is 11.6 Å². The lowest BCUT2D eigenvalue weighted by molar-refractivity contribution is 0.0925. The summed E-state index contributed by atoms with van der Waals surface area (Å²) in [6, 6.07) is 15.6. The van der Waals surface area contributed by atoms with Gasteiger partial charge in [-0.15, -0.1) is 0 Å². The zero-order chi connectivity index (χ0) is 20.0. The van der Waals surface area contributed by atoms with E-state index in [1.165, 1.54) is 12.1 Å². The average molecular weight is 389 g/mol. The zero-order valence-corrected chi connectivity index (χ0v) is 17.1. The molecule has 146 valence electrons. The maximum Gasteiger partial charge on any atom is 0.251 e. The van der Waals surface area contributed by atoms with E-state index in [9.17, 15) is 13.2 Å². The van der Waals surface area contributed by atoms with Crippen molar-refractivity contribution in [1.29, 1.82) is 0 Å². The molecule has 2 N–H and O–H groups in total. The third-order valence-electron chi connectivity index (χ3n) is 4.51. The predicted molar refractivity (Wildman–Crippen MR) is 108 cm³/mol. The first kappa shape index (κ1) is 21.1. The van der Waals surface area contributed by atoms with Crippen molar-refractivity contribution < 1.29 is 13.2 Å². The number of hydrogen-bond acceptors (Lipinski definition) is 3. The van der Waals surface area contributed by atoms with E-state index in [4.69, 9.17) is 0 Å². The maximum absolute atomic E-state index is 12.6. The van der Waals surface area contributed by atoms with Crippen molar-refractivity contribution in [2.75, 3.05) is 0 Å². The molecule has 0 heterocycles. The minimum Gasteiger partial charge on any atom is -0.345 e. The molecule has 0 bridgehead atoms. The quantitative estimate of drug-likeness (QED) is 0.720. The molecule has 2 atom stereocenters. The molecule has 6 heteroatoms. The van der Waals surface area contributed by atoms with Crippen LogP contribution in [-0.2, 0) is 10.0 Å². The van der Waals surface area contributed by atoms with Gasteiger partial charge in [0.1, 0.15) is 0 Å². The summed E-state index contributed by atoms with van der Waals surface area (Å²) in [6.45, 7) is 7.83. The molecule has 0 radical (unpaired) electrons. The lowest BCUT2D eigenvalue weighted by Gasteiger charge is -2.23. The zero-order valence-electron chi connectivity index (χ0n) is 16.3. The van der Waals surface area contributed by atoms with Crippen LogP contribution in [0.2, 0.25) is 0 Å². The molecule has 0 aromatic heterocycles. The van der Waals surface area contributed by atoms with E-state index in [0.29, 0.717) is 12.0 Å². The van der Waals surface area contributed by atoms with Gasteiger partial charge in [-0.1, -0.05) is 51.1 Å². The number of carbonyl (C=O) groups excluding carboxylic acids is 1. The van der Waals surface area contributed by atoms with Gasteiger partial charge in [-0.3, -0.25) is 4.79 Å². The number of carbonyl (C=O) groups is 1. The van der Waals surface area contributed by atoms with Crippen LogP contribution in [0.3, 0.4) is 0 Å². The molecule has 27 heavy (non-hydrogen) atoms. The van der Waals surface area contributed by atoms with Gasteiger partial charge in [0.05, 0.1) is 10.9 Å². The number of hydrogen-bond donors (Lipinski definition) is 2. The Kier molecular flexibility index (Phi) is 7.16. The van der Waals surface area contributed by atoms with Crippen molar-refractivity contribution in [3.63, 3.8) is 0 Å². The first-order valence-electron chi connectivity index (χ1n) is 9.22. The Labute approximate surface area is 162 Å². The van der Waals surface area contributed by atoms with Gasteiger partial charge in [-0.25, -0.2) is 13.1 Å². The van der Waals surface area contributed by atoms with Crippen LogP contribution in [0.5, 0.6) is 0 Å². The Morgan fingerprint density at radius 3 is 2.07 bits per heavy atom. The highest BCUT2D eigenvalue weighted by Crippen LogP contribution is 2.22. The largest absolute Gasteiger partial charge is 0.345 e. The van der Waals surface area contributed by atoms with Crippen LogP contribution >= 0.6 is 0 Å². The molecule has 2 aromatic carbocycles. The van der Waals surface area contributed by atoms with E-state index in [0.717, 1.165) is 5.56 Å². The number of benzene rings is 2. The molecule has 5 nitrogen and oxygen atoms in total. The lowest BCUT2D eigenvalue weighted by Crippen LogP contribution is -2.32. The van der Waals surface area contributed by atoms with Gasteiger partial charge in [-0.05, 0) is 49.1 Å². The Bertz CT molecular complexity index is 847. The summed E-state index contributed by atoms with van der Waals surface area (Å²) in [5, 5.41) is 3.04. The second-order valence-corrected chi connectivity index (χ2v) is 8.77. The van der Waals surface area contributed by atoms with Gasteiger partial charge in [-0.2, -0.15) is 0 Å². The fourth-order valence-electron chi connectivity index (χ4n) is 2.72. The fraction of sp³-hybridized carbons (Fsp3) is 0.381. The van der Waals surface area contributed by atoms with Crippen LogP contribution in [0.4, 0.5) is 0 Å². The summed E-state index contributed by atoms with van der Waals surface area (Å²) < 4.78 is 27.3. The summed E-state index contributed by atoms with van der Waals surface area (Å²) in [4.78, 5) is 12.8. The van der Waals surface area contributed by atoms with Crippen LogP contribution in [0.1, 0.15) is 56.1 Å². The van der Waals surface area contributed by atoms with Gasteiger partial charge < -0.3 is 5.32 Å². The summed E-state index contributed by atoms with van der Waals surface area (Å²) in [5.41, 5.74) is 1.47. The van der Waals surface area contributed by atoms with Crippen molar-refractivity contribution in [2.24, 2.45) is 5.92 Å². The molecule has 2 unspecified atom stereocenters. The number of amides is 1. The molecule has 0 saturated carbocycles. The van der Waals surface area contributed by atoms with Gasteiger partial charge in [0.15, 0.2) is 0 Å². The summed E-state index contributed by atoms with van der Waals surface area (Å²) >= 11 is 0. The second-order valence-electron chi connectivity index (χ2n) is 7.06. The third kappa shape index (κ3) is 5.65. The number of nitrogens with one attached hydrogen (secondary N) is 2. The van der Waals surface area contributed by atoms with Gasteiger partial charge in [0.2, 0.25) is 10.0 Å². The van der Waals surface area contributed by atoms with E-state index >= 15 is 0 Å². The average Bonchev–Trinajstić information content (AvgIpc) is 2.66. The van der Waals surface area contributed by atoms with E-state index in [1.54, 1.807) is 12.1 Å². The highest BCUT2D eigenvalue weighted by molar-refractivity contribution is 7.89. The van der Waals surface area contributed by atoms with E-state index in [1.807, 2.05) is 58.0 Å². The normalized spacial score (nSPS) is 14.0. The lowest BCUT2D eigenvalue weighted by atomic mass is 9.95. The first-order chi connectivity index (χ1) is 12.7. The highest BCUT2D eigenvalue weighted by atomic mass is 32.2. The van der Waals surface area contributed by atoms with Crippen molar-refractivity contribution in [2.45, 2.75) is 51.1 Å². The van der Waals surface area contributed by atoms with Crippen LogP contribution in [0.25, 0.3) is 0 Å². The molecule has 0 fully saturated rings. The molecular formula is C21H28N2O3S. The summed E-state index contributed by atoms with van der Waals surface area (Å²) in [7, 11) is -3.58. The van der Waals surface area contributed by atoms with Gasteiger partial charge in [0.25, 0.3) is 5.91 Å². The van der Waals surface area contributed by atoms with Crippen molar-refractivity contribution in [3.05, 3.63) is 65.7 Å². The standard InChI is InChI=1S/C21H28N2O3S/c1-5-16(4)23-27(25,26)19-13-11-18(12-14-19)21(24)22-20(15(2)3)17-9-7-6-8-10-17/h6-16,20,23H,5H2,1-4H3,(H,22,24). The minimum absolute atomic E-state index is 0.117. The van der Waals surface area contributed by atoms with Gasteiger partial charge >= 0.3 is 0 Å². The van der Waals surface area contributed by atoms with Crippen molar-refractivity contribution in [3.8, 4) is 0 Å². The number of sulfonamides is 1. The molecular weight excluding hydrogens is 360 g/mol. The monoisotopic (exact) mass is 388 g/mol. The van der Waals surface area contributed by atoms with Crippen molar-refractivity contribution >= 4 is 15.9 Å². The molecule has 0 spiro atoms. The smallest absolute Gasteiger partial charge is 0.251 e. The molecule has 0 saturated heterocycles. The molecule has 0 aliphatic carbocycles. The third-order valence-corrected chi connectivity index (χ3v) is 6.11. The highest BCUT2D eigenvalue weighted by Gasteiger charge is 2.20.